The lowest BCUT2D eigenvalue weighted by atomic mass is 10.1. The lowest BCUT2D eigenvalue weighted by Gasteiger charge is -2.18. The van der Waals surface area contributed by atoms with Crippen molar-refractivity contribution < 1.29 is 9.90 Å². The van der Waals surface area contributed by atoms with Gasteiger partial charge in [-0.05, 0) is 55.0 Å². The van der Waals surface area contributed by atoms with E-state index < -0.39 is 0 Å². The molecule has 138 valence electrons. The second kappa shape index (κ2) is 7.33. The third-order valence-electron chi connectivity index (χ3n) is 4.45. The molecule has 0 aliphatic carbocycles. The second-order valence-electron chi connectivity index (χ2n) is 6.54. The molecular weight excluding hydrogens is 372 g/mol. The van der Waals surface area contributed by atoms with Crippen LogP contribution in [0.3, 0.4) is 0 Å². The molecule has 1 amide bonds. The number of amides is 1. The van der Waals surface area contributed by atoms with Crippen LogP contribution in [0.5, 0.6) is 5.75 Å². The smallest absolute Gasteiger partial charge is 0.282 e. The summed E-state index contributed by atoms with van der Waals surface area (Å²) in [6.45, 7) is 2.01. The molecule has 1 N–H and O–H groups in total. The van der Waals surface area contributed by atoms with Gasteiger partial charge in [0.05, 0.1) is 5.69 Å². The largest absolute Gasteiger partial charge is 0.508 e. The summed E-state index contributed by atoms with van der Waals surface area (Å²) >= 11 is 5.95. The Kier molecular flexibility index (Phi) is 4.72. The number of anilines is 1. The number of hydrogen-bond donors (Lipinski definition) is 1. The van der Waals surface area contributed by atoms with Crippen molar-refractivity contribution in [1.82, 2.24) is 0 Å². The number of benzene rings is 3. The number of halogens is 1. The molecule has 0 aromatic heterocycles. The molecule has 1 aliphatic rings. The first-order chi connectivity index (χ1) is 13.5. The first-order valence-corrected chi connectivity index (χ1v) is 9.15. The SMILES string of the molecule is Cc1ccc(C2=N/C(=C/c3ccc(Cl)cc3)C(=O)N2c2ccc(O)cc2)cc1. The Bertz CT molecular complexity index is 1080. The molecule has 0 atom stereocenters. The maximum absolute atomic E-state index is 13.2. The molecule has 28 heavy (non-hydrogen) atoms. The predicted octanol–water partition coefficient (Wildman–Crippen LogP) is 5.19. The molecule has 1 aliphatic heterocycles. The number of amidine groups is 1. The van der Waals surface area contributed by atoms with Crippen LogP contribution in [0, 0.1) is 6.92 Å². The molecule has 0 radical (unpaired) electrons. The number of nitrogens with zero attached hydrogens (tertiary/aromatic N) is 2. The van der Waals surface area contributed by atoms with E-state index in [1.54, 1.807) is 47.4 Å². The van der Waals surface area contributed by atoms with Gasteiger partial charge in [-0.15, -0.1) is 0 Å². The summed E-state index contributed by atoms with van der Waals surface area (Å²) in [5, 5.41) is 10.2. The summed E-state index contributed by atoms with van der Waals surface area (Å²) in [5.74, 6) is 0.466. The van der Waals surface area contributed by atoms with E-state index in [1.165, 1.54) is 0 Å². The number of phenols is 1. The van der Waals surface area contributed by atoms with Crippen LogP contribution in [0.4, 0.5) is 5.69 Å². The van der Waals surface area contributed by atoms with Crippen molar-refractivity contribution in [2.75, 3.05) is 4.90 Å². The highest BCUT2D eigenvalue weighted by Crippen LogP contribution is 2.29. The highest BCUT2D eigenvalue weighted by Gasteiger charge is 2.32. The van der Waals surface area contributed by atoms with Gasteiger partial charge in [-0.3, -0.25) is 9.69 Å². The minimum Gasteiger partial charge on any atom is -0.508 e. The predicted molar refractivity (Wildman–Crippen MR) is 113 cm³/mol. The number of phenolic OH excluding ortho intramolecular Hbond substituents is 1. The topological polar surface area (TPSA) is 52.9 Å². The summed E-state index contributed by atoms with van der Waals surface area (Å²) in [5.41, 5.74) is 3.79. The van der Waals surface area contributed by atoms with Gasteiger partial charge in [0.2, 0.25) is 0 Å². The van der Waals surface area contributed by atoms with Gasteiger partial charge in [0, 0.05) is 10.6 Å². The number of aliphatic imine (C=N–C) groups is 1. The minimum absolute atomic E-state index is 0.140. The molecule has 0 fully saturated rings. The first kappa shape index (κ1) is 18.0. The van der Waals surface area contributed by atoms with Gasteiger partial charge in [0.25, 0.3) is 5.91 Å². The zero-order chi connectivity index (χ0) is 19.7. The van der Waals surface area contributed by atoms with Crippen LogP contribution in [0.1, 0.15) is 16.7 Å². The Balaban J connectivity index is 1.81. The van der Waals surface area contributed by atoms with Crippen LogP contribution >= 0.6 is 11.6 Å². The van der Waals surface area contributed by atoms with Gasteiger partial charge in [-0.1, -0.05) is 53.6 Å². The van der Waals surface area contributed by atoms with Crippen LogP contribution in [0.15, 0.2) is 83.5 Å². The second-order valence-corrected chi connectivity index (χ2v) is 6.98. The first-order valence-electron chi connectivity index (χ1n) is 8.78. The molecule has 0 spiro atoms. The Morgan fingerprint density at radius 3 is 2.21 bits per heavy atom. The monoisotopic (exact) mass is 388 g/mol. The normalized spacial score (nSPS) is 15.2. The number of carbonyl (C=O) groups excluding carboxylic acids is 1. The molecule has 0 unspecified atom stereocenters. The van der Waals surface area contributed by atoms with E-state index in [0.29, 0.717) is 22.2 Å². The highest BCUT2D eigenvalue weighted by molar-refractivity contribution is 6.33. The van der Waals surface area contributed by atoms with E-state index in [1.807, 2.05) is 43.3 Å². The van der Waals surface area contributed by atoms with E-state index in [-0.39, 0.29) is 11.7 Å². The van der Waals surface area contributed by atoms with Crippen molar-refractivity contribution in [2.24, 2.45) is 4.99 Å². The van der Waals surface area contributed by atoms with Crippen molar-refractivity contribution in [1.29, 1.82) is 0 Å². The van der Waals surface area contributed by atoms with Gasteiger partial charge in [-0.25, -0.2) is 4.99 Å². The molecular formula is C23H17ClN2O2. The Morgan fingerprint density at radius 1 is 0.929 bits per heavy atom. The van der Waals surface area contributed by atoms with Gasteiger partial charge >= 0.3 is 0 Å². The maximum Gasteiger partial charge on any atom is 0.282 e. The zero-order valence-electron chi connectivity index (χ0n) is 15.1. The van der Waals surface area contributed by atoms with Crippen molar-refractivity contribution in [3.05, 3.63) is 100 Å². The maximum atomic E-state index is 13.2. The lowest BCUT2D eigenvalue weighted by Crippen LogP contribution is -2.32. The van der Waals surface area contributed by atoms with Crippen LogP contribution in [-0.2, 0) is 4.79 Å². The van der Waals surface area contributed by atoms with Crippen LogP contribution < -0.4 is 4.90 Å². The van der Waals surface area contributed by atoms with Crippen LogP contribution in [0.2, 0.25) is 5.02 Å². The van der Waals surface area contributed by atoms with E-state index in [4.69, 9.17) is 11.6 Å². The van der Waals surface area contributed by atoms with Crippen LogP contribution in [0.25, 0.3) is 6.08 Å². The van der Waals surface area contributed by atoms with E-state index in [2.05, 4.69) is 4.99 Å². The molecule has 0 bridgehead atoms. The van der Waals surface area contributed by atoms with E-state index >= 15 is 0 Å². The van der Waals surface area contributed by atoms with Gasteiger partial charge in [0.15, 0.2) is 0 Å². The fourth-order valence-electron chi connectivity index (χ4n) is 2.97. The van der Waals surface area contributed by atoms with Crippen molar-refractivity contribution >= 4 is 35.1 Å². The Labute approximate surface area is 168 Å². The summed E-state index contributed by atoms with van der Waals surface area (Å²) < 4.78 is 0. The summed E-state index contributed by atoms with van der Waals surface area (Å²) in [7, 11) is 0. The molecule has 1 heterocycles. The molecule has 3 aromatic rings. The number of aromatic hydroxyl groups is 1. The Morgan fingerprint density at radius 2 is 1.57 bits per heavy atom. The minimum atomic E-state index is -0.226. The average Bonchev–Trinajstić information content (AvgIpc) is 3.01. The van der Waals surface area contributed by atoms with Gasteiger partial charge < -0.3 is 5.11 Å². The third kappa shape index (κ3) is 3.55. The molecule has 5 heteroatoms. The number of carbonyl (C=O) groups is 1. The highest BCUT2D eigenvalue weighted by atomic mass is 35.5. The van der Waals surface area contributed by atoms with Gasteiger partial charge in [0.1, 0.15) is 17.3 Å². The third-order valence-corrected chi connectivity index (χ3v) is 4.70. The molecule has 3 aromatic carbocycles. The average molecular weight is 389 g/mol. The standard InChI is InChI=1S/C23H17ClN2O2/c1-15-2-6-17(7-3-15)22-25-21(14-16-4-8-18(24)9-5-16)23(28)26(22)19-10-12-20(27)13-11-19/h2-14,27H,1H3/b21-14+. The summed E-state index contributed by atoms with van der Waals surface area (Å²) in [4.78, 5) is 19.4. The summed E-state index contributed by atoms with van der Waals surface area (Å²) in [6, 6.07) is 21.6. The van der Waals surface area contributed by atoms with E-state index in [9.17, 15) is 9.90 Å². The molecule has 4 rings (SSSR count). The van der Waals surface area contributed by atoms with Crippen molar-refractivity contribution in [3.63, 3.8) is 0 Å². The summed E-state index contributed by atoms with van der Waals surface area (Å²) in [6.07, 6.45) is 1.74. The number of aryl methyl sites for hydroxylation is 1. The quantitative estimate of drug-likeness (QED) is 0.628. The molecule has 4 nitrogen and oxygen atoms in total. The van der Waals surface area contributed by atoms with E-state index in [0.717, 1.165) is 16.7 Å². The fraction of sp³-hybridized carbons (Fsp3) is 0.0435. The van der Waals surface area contributed by atoms with Crippen LogP contribution in [-0.4, -0.2) is 16.8 Å². The number of hydrogen-bond acceptors (Lipinski definition) is 3. The lowest BCUT2D eigenvalue weighted by molar-refractivity contribution is -0.113. The fourth-order valence-corrected chi connectivity index (χ4v) is 3.10. The number of rotatable bonds is 3. The van der Waals surface area contributed by atoms with Gasteiger partial charge in [-0.2, -0.15) is 0 Å². The zero-order valence-corrected chi connectivity index (χ0v) is 15.9. The molecule has 0 saturated carbocycles. The van der Waals surface area contributed by atoms with Crippen molar-refractivity contribution in [3.8, 4) is 5.75 Å². The molecule has 0 saturated heterocycles. The Hall–Kier alpha value is -3.37. The van der Waals surface area contributed by atoms with Crippen molar-refractivity contribution in [2.45, 2.75) is 6.92 Å².